The highest BCUT2D eigenvalue weighted by molar-refractivity contribution is 6.16. The fraction of sp³-hybridized carbons (Fsp3) is 0.0164. The van der Waals surface area contributed by atoms with Crippen LogP contribution in [0.5, 0.6) is 0 Å². The van der Waals surface area contributed by atoms with Gasteiger partial charge in [-0.25, -0.2) is 0 Å². The van der Waals surface area contributed by atoms with Crippen molar-refractivity contribution in [2.24, 2.45) is 0 Å². The van der Waals surface area contributed by atoms with E-state index in [1.54, 1.807) is 0 Å². The maximum absolute atomic E-state index is 2.42. The largest absolute Gasteiger partial charge is 0.0801 e. The third kappa shape index (κ3) is 6.07. The number of hydrogen-bond donors (Lipinski definition) is 0. The van der Waals surface area contributed by atoms with Gasteiger partial charge in [0.1, 0.15) is 0 Å². The number of rotatable bonds is 6. The Labute approximate surface area is 356 Å². The van der Waals surface area contributed by atoms with Crippen LogP contribution in [0.3, 0.4) is 0 Å². The Morgan fingerprint density at radius 3 is 0.721 bits per heavy atom. The third-order valence-corrected chi connectivity index (χ3v) is 12.8. The van der Waals surface area contributed by atoms with E-state index in [-0.39, 0.29) is 0 Å². The molecule has 0 radical (unpaired) electrons. The fourth-order valence-electron chi connectivity index (χ4n) is 9.87. The Hall–Kier alpha value is -7.80. The summed E-state index contributed by atoms with van der Waals surface area (Å²) >= 11 is 0. The first-order valence-electron chi connectivity index (χ1n) is 21.3. The Morgan fingerprint density at radius 1 is 0.230 bits per heavy atom. The molecule has 0 aromatic heterocycles. The highest BCUT2D eigenvalue weighted by Gasteiger charge is 2.30. The fourth-order valence-corrected chi connectivity index (χ4v) is 9.87. The second-order valence-electron chi connectivity index (χ2n) is 16.4. The molecule has 61 heavy (non-hydrogen) atoms. The van der Waals surface area contributed by atoms with Crippen LogP contribution in [0.1, 0.15) is 12.0 Å². The zero-order chi connectivity index (χ0) is 40.3. The Bertz CT molecular complexity index is 3430. The van der Waals surface area contributed by atoms with Gasteiger partial charge in [0, 0.05) is 0 Å². The molecule has 0 spiro atoms. The molecule has 0 heteroatoms. The molecule has 0 nitrogen and oxygen atoms in total. The standard InChI is InChI=1S/C61H40/c1-8-20-46-35-51(30-25-40(46)13-1)57-56(45-18-6-7-19-45)58(52-31-26-41-14-2-9-21-47(41)36-52)60(54-33-28-43-16-4-11-23-49(43)38-54)61(55-34-29-44-17-5-12-24-50(44)39-55)59(57)53-32-27-42-15-3-10-22-48(42)37-53/h1-18,20-39H,19H2. The van der Waals surface area contributed by atoms with Crippen LogP contribution in [0.2, 0.25) is 0 Å². The zero-order valence-corrected chi connectivity index (χ0v) is 33.6. The van der Waals surface area contributed by atoms with Crippen molar-refractivity contribution in [1.29, 1.82) is 0 Å². The van der Waals surface area contributed by atoms with Gasteiger partial charge in [-0.2, -0.15) is 0 Å². The van der Waals surface area contributed by atoms with Gasteiger partial charge in [0.15, 0.2) is 0 Å². The maximum Gasteiger partial charge on any atom is -0.00136 e. The molecule has 0 fully saturated rings. The molecule has 0 atom stereocenters. The Morgan fingerprint density at radius 2 is 0.475 bits per heavy atom. The maximum atomic E-state index is 2.42. The number of fused-ring (bicyclic) bond motifs is 5. The van der Waals surface area contributed by atoms with E-state index in [0.29, 0.717) is 0 Å². The van der Waals surface area contributed by atoms with E-state index in [4.69, 9.17) is 0 Å². The van der Waals surface area contributed by atoms with Gasteiger partial charge < -0.3 is 0 Å². The SMILES string of the molecule is C1=CCC(c2c(-c3ccc4ccccc4c3)c(-c3ccc4ccccc4c3)c(-c3ccc4ccccc4c3)c(-c3ccc4ccccc4c3)c2-c2ccc3ccccc3c2)=C1. The number of hydrogen-bond acceptors (Lipinski definition) is 0. The first-order chi connectivity index (χ1) is 30.2. The van der Waals surface area contributed by atoms with E-state index in [1.165, 1.54) is 121 Å². The van der Waals surface area contributed by atoms with Gasteiger partial charge in [-0.1, -0.05) is 200 Å². The molecule has 0 saturated carbocycles. The summed E-state index contributed by atoms with van der Waals surface area (Å²) in [6.07, 6.45) is 7.76. The minimum Gasteiger partial charge on any atom is -0.0801 e. The molecule has 0 heterocycles. The molecule has 0 saturated heterocycles. The first kappa shape index (κ1) is 35.2. The van der Waals surface area contributed by atoms with Crippen molar-refractivity contribution in [3.8, 4) is 55.6 Å². The van der Waals surface area contributed by atoms with Crippen LogP contribution in [-0.2, 0) is 0 Å². The smallest absolute Gasteiger partial charge is 0.00136 e. The lowest BCUT2D eigenvalue weighted by molar-refractivity contribution is 1.42. The van der Waals surface area contributed by atoms with Crippen LogP contribution in [0.4, 0.5) is 0 Å². The molecule has 0 bridgehead atoms. The van der Waals surface area contributed by atoms with Crippen LogP contribution in [0.15, 0.2) is 231 Å². The van der Waals surface area contributed by atoms with E-state index in [0.717, 1.165) is 6.42 Å². The van der Waals surface area contributed by atoms with Gasteiger partial charge in [-0.15, -0.1) is 0 Å². The quantitative estimate of drug-likeness (QED) is 0.158. The third-order valence-electron chi connectivity index (χ3n) is 12.8. The van der Waals surface area contributed by atoms with E-state index in [9.17, 15) is 0 Å². The molecule has 284 valence electrons. The summed E-state index contributed by atoms with van der Waals surface area (Å²) in [5.41, 5.74) is 14.8. The van der Waals surface area contributed by atoms with Crippen LogP contribution < -0.4 is 0 Å². The van der Waals surface area contributed by atoms with Crippen LogP contribution in [-0.4, -0.2) is 0 Å². The summed E-state index contributed by atoms with van der Waals surface area (Å²) in [7, 11) is 0. The summed E-state index contributed by atoms with van der Waals surface area (Å²) in [5, 5.41) is 12.3. The van der Waals surface area contributed by atoms with Gasteiger partial charge in [0.25, 0.3) is 0 Å². The highest BCUT2D eigenvalue weighted by atomic mass is 14.3. The molecule has 0 unspecified atom stereocenters. The second-order valence-corrected chi connectivity index (χ2v) is 16.4. The van der Waals surface area contributed by atoms with Crippen LogP contribution in [0.25, 0.3) is 115 Å². The molecule has 0 aliphatic heterocycles. The average molecular weight is 773 g/mol. The van der Waals surface area contributed by atoms with Crippen molar-refractivity contribution in [3.63, 3.8) is 0 Å². The van der Waals surface area contributed by atoms with Gasteiger partial charge in [-0.05, 0) is 157 Å². The highest BCUT2D eigenvalue weighted by Crippen LogP contribution is 2.56. The molecular weight excluding hydrogens is 733 g/mol. The van der Waals surface area contributed by atoms with E-state index in [1.807, 2.05) is 0 Å². The summed E-state index contributed by atoms with van der Waals surface area (Å²) in [6, 6.07) is 79.3. The Balaban J connectivity index is 1.35. The minimum absolute atomic E-state index is 0.852. The van der Waals surface area contributed by atoms with Gasteiger partial charge >= 0.3 is 0 Å². The summed E-state index contributed by atoms with van der Waals surface area (Å²) in [5.74, 6) is 0. The van der Waals surface area contributed by atoms with Gasteiger partial charge in [0.2, 0.25) is 0 Å². The van der Waals surface area contributed by atoms with Crippen molar-refractivity contribution in [2.75, 3.05) is 0 Å². The zero-order valence-electron chi connectivity index (χ0n) is 33.6. The normalized spacial score (nSPS) is 12.6. The van der Waals surface area contributed by atoms with Gasteiger partial charge in [-0.3, -0.25) is 0 Å². The van der Waals surface area contributed by atoms with Crippen LogP contribution in [0, 0.1) is 0 Å². The average Bonchev–Trinajstić information content (AvgIpc) is 3.87. The molecule has 12 rings (SSSR count). The van der Waals surface area contributed by atoms with Crippen molar-refractivity contribution < 1.29 is 0 Å². The molecule has 11 aromatic carbocycles. The minimum atomic E-state index is 0.852. The topological polar surface area (TPSA) is 0 Å². The lowest BCUT2D eigenvalue weighted by Crippen LogP contribution is -2.04. The van der Waals surface area contributed by atoms with Crippen molar-refractivity contribution in [3.05, 3.63) is 236 Å². The van der Waals surface area contributed by atoms with Crippen molar-refractivity contribution in [1.82, 2.24) is 0 Å². The van der Waals surface area contributed by atoms with E-state index < -0.39 is 0 Å². The number of allylic oxidation sites excluding steroid dienone is 4. The molecule has 1 aliphatic rings. The second kappa shape index (κ2) is 14.5. The van der Waals surface area contributed by atoms with E-state index >= 15 is 0 Å². The monoisotopic (exact) mass is 772 g/mol. The molecule has 1 aliphatic carbocycles. The molecule has 0 N–H and O–H groups in total. The van der Waals surface area contributed by atoms with E-state index in [2.05, 4.69) is 231 Å². The van der Waals surface area contributed by atoms with Crippen molar-refractivity contribution in [2.45, 2.75) is 6.42 Å². The summed E-state index contributed by atoms with van der Waals surface area (Å²) < 4.78 is 0. The first-order valence-corrected chi connectivity index (χ1v) is 21.3. The summed E-state index contributed by atoms with van der Waals surface area (Å²) in [4.78, 5) is 0. The van der Waals surface area contributed by atoms with Crippen LogP contribution >= 0.6 is 0 Å². The molecule has 11 aromatic rings. The van der Waals surface area contributed by atoms with Gasteiger partial charge in [0.05, 0.1) is 0 Å². The summed E-state index contributed by atoms with van der Waals surface area (Å²) in [6.45, 7) is 0. The number of benzene rings is 11. The predicted octanol–water partition coefficient (Wildman–Crippen LogP) is 17.1. The lowest BCUT2D eigenvalue weighted by Gasteiger charge is -2.29. The lowest BCUT2D eigenvalue weighted by atomic mass is 9.73. The Kier molecular flexibility index (Phi) is 8.35. The predicted molar refractivity (Wildman–Crippen MR) is 263 cm³/mol. The molecule has 0 amide bonds. The van der Waals surface area contributed by atoms with Crippen molar-refractivity contribution >= 4 is 59.4 Å². The molecular formula is C61H40.